The van der Waals surface area contributed by atoms with E-state index in [4.69, 9.17) is 0 Å². The molecule has 1 aromatic heterocycles. The zero-order valence-electron chi connectivity index (χ0n) is 8.68. The van der Waals surface area contributed by atoms with Crippen molar-refractivity contribution < 1.29 is 14.6 Å². The quantitative estimate of drug-likeness (QED) is 0.849. The van der Waals surface area contributed by atoms with E-state index < -0.39 is 12.1 Å². The van der Waals surface area contributed by atoms with Crippen molar-refractivity contribution in [1.29, 1.82) is 0 Å². The second-order valence-corrected chi connectivity index (χ2v) is 4.52. The number of methoxy groups -OCH3 is 1. The fourth-order valence-electron chi connectivity index (χ4n) is 1.35. The van der Waals surface area contributed by atoms with Crippen molar-refractivity contribution in [3.63, 3.8) is 0 Å². The molecule has 2 rings (SSSR count). The Morgan fingerprint density at radius 2 is 2.38 bits per heavy atom. The smallest absolute Gasteiger partial charge is 0.341 e. The van der Waals surface area contributed by atoms with Crippen molar-refractivity contribution in [3.05, 3.63) is 22.2 Å². The van der Waals surface area contributed by atoms with Crippen molar-refractivity contribution in [1.82, 2.24) is 9.97 Å². The van der Waals surface area contributed by atoms with Crippen molar-refractivity contribution in [2.75, 3.05) is 7.11 Å². The molecule has 0 amide bonds. The molecule has 1 saturated carbocycles. The van der Waals surface area contributed by atoms with Crippen LogP contribution in [-0.4, -0.2) is 28.2 Å². The lowest BCUT2D eigenvalue weighted by Crippen LogP contribution is -2.16. The number of halogens is 1. The molecule has 1 aliphatic carbocycles. The minimum absolute atomic E-state index is 0.267. The highest BCUT2D eigenvalue weighted by Gasteiger charge is 2.29. The van der Waals surface area contributed by atoms with E-state index in [0.29, 0.717) is 16.2 Å². The van der Waals surface area contributed by atoms with E-state index in [1.807, 2.05) is 0 Å². The SMILES string of the molecule is COC(=O)C(O)c1nc(C2CC2)ncc1Br. The van der Waals surface area contributed by atoms with Crippen LogP contribution in [0.2, 0.25) is 0 Å². The Kier molecular flexibility index (Phi) is 3.20. The molecular formula is C10H11BrN2O3. The van der Waals surface area contributed by atoms with Gasteiger partial charge >= 0.3 is 5.97 Å². The van der Waals surface area contributed by atoms with E-state index in [1.54, 1.807) is 6.20 Å². The number of aliphatic hydroxyl groups is 1. The van der Waals surface area contributed by atoms with Gasteiger partial charge in [0, 0.05) is 12.1 Å². The molecule has 0 bridgehead atoms. The van der Waals surface area contributed by atoms with Gasteiger partial charge < -0.3 is 9.84 Å². The molecule has 1 N–H and O–H groups in total. The van der Waals surface area contributed by atoms with Crippen LogP contribution < -0.4 is 0 Å². The van der Waals surface area contributed by atoms with Crippen LogP contribution in [0.3, 0.4) is 0 Å². The number of hydrogen-bond donors (Lipinski definition) is 1. The second kappa shape index (κ2) is 4.47. The van der Waals surface area contributed by atoms with Crippen LogP contribution in [-0.2, 0) is 9.53 Å². The van der Waals surface area contributed by atoms with Gasteiger partial charge in [-0.2, -0.15) is 0 Å². The van der Waals surface area contributed by atoms with Gasteiger partial charge in [0.1, 0.15) is 5.82 Å². The third-order valence-electron chi connectivity index (χ3n) is 2.42. The molecule has 16 heavy (non-hydrogen) atoms. The van der Waals surface area contributed by atoms with Gasteiger partial charge in [-0.1, -0.05) is 0 Å². The van der Waals surface area contributed by atoms with Gasteiger partial charge in [0.25, 0.3) is 0 Å². The highest BCUT2D eigenvalue weighted by atomic mass is 79.9. The topological polar surface area (TPSA) is 72.3 Å². The highest BCUT2D eigenvalue weighted by Crippen LogP contribution is 2.38. The number of rotatable bonds is 3. The van der Waals surface area contributed by atoms with Gasteiger partial charge in [-0.25, -0.2) is 14.8 Å². The van der Waals surface area contributed by atoms with Crippen LogP contribution in [0.25, 0.3) is 0 Å². The van der Waals surface area contributed by atoms with Crippen molar-refractivity contribution >= 4 is 21.9 Å². The summed E-state index contributed by atoms with van der Waals surface area (Å²) in [7, 11) is 1.22. The maximum absolute atomic E-state index is 11.2. The molecule has 0 saturated heterocycles. The number of carbonyl (C=O) groups excluding carboxylic acids is 1. The highest BCUT2D eigenvalue weighted by molar-refractivity contribution is 9.10. The summed E-state index contributed by atoms with van der Waals surface area (Å²) in [4.78, 5) is 19.5. The lowest BCUT2D eigenvalue weighted by Gasteiger charge is -2.10. The van der Waals surface area contributed by atoms with Crippen LogP contribution in [0.4, 0.5) is 0 Å². The van der Waals surface area contributed by atoms with Crippen LogP contribution in [0.5, 0.6) is 0 Å². The molecule has 0 aliphatic heterocycles. The summed E-state index contributed by atoms with van der Waals surface area (Å²) in [5.41, 5.74) is 0.267. The molecule has 5 nitrogen and oxygen atoms in total. The monoisotopic (exact) mass is 286 g/mol. The maximum Gasteiger partial charge on any atom is 0.341 e. The molecular weight excluding hydrogens is 276 g/mol. The molecule has 0 spiro atoms. The van der Waals surface area contributed by atoms with Gasteiger partial charge in [0.2, 0.25) is 0 Å². The average molecular weight is 287 g/mol. The van der Waals surface area contributed by atoms with E-state index in [1.165, 1.54) is 7.11 Å². The second-order valence-electron chi connectivity index (χ2n) is 3.66. The first-order valence-electron chi connectivity index (χ1n) is 4.91. The lowest BCUT2D eigenvalue weighted by molar-refractivity contribution is -0.151. The Morgan fingerprint density at radius 3 is 2.94 bits per heavy atom. The summed E-state index contributed by atoms with van der Waals surface area (Å²) in [5, 5.41) is 9.70. The molecule has 1 atom stereocenters. The minimum Gasteiger partial charge on any atom is -0.467 e. The predicted octanol–water partition coefficient (Wildman–Crippen LogP) is 1.32. The third-order valence-corrected chi connectivity index (χ3v) is 3.03. The molecule has 1 aromatic rings. The fourth-order valence-corrected chi connectivity index (χ4v) is 1.76. The molecule has 0 aromatic carbocycles. The van der Waals surface area contributed by atoms with E-state index >= 15 is 0 Å². The number of carbonyl (C=O) groups is 1. The van der Waals surface area contributed by atoms with Gasteiger partial charge in [0.05, 0.1) is 17.3 Å². The first kappa shape index (κ1) is 11.5. The first-order valence-corrected chi connectivity index (χ1v) is 5.71. The zero-order chi connectivity index (χ0) is 11.7. The van der Waals surface area contributed by atoms with E-state index in [2.05, 4.69) is 30.6 Å². The summed E-state index contributed by atoms with van der Waals surface area (Å²) >= 11 is 3.21. The average Bonchev–Trinajstić information content (AvgIpc) is 3.11. The predicted molar refractivity (Wildman–Crippen MR) is 58.7 cm³/mol. The number of esters is 1. The lowest BCUT2D eigenvalue weighted by atomic mass is 10.2. The number of ether oxygens (including phenoxy) is 1. The maximum atomic E-state index is 11.2. The third kappa shape index (κ3) is 2.22. The van der Waals surface area contributed by atoms with Crippen LogP contribution in [0, 0.1) is 0 Å². The molecule has 6 heteroatoms. The zero-order valence-corrected chi connectivity index (χ0v) is 10.3. The molecule has 1 aliphatic rings. The Bertz CT molecular complexity index is 421. The molecule has 1 heterocycles. The van der Waals surface area contributed by atoms with E-state index in [-0.39, 0.29) is 5.69 Å². The Balaban J connectivity index is 2.30. The van der Waals surface area contributed by atoms with E-state index in [9.17, 15) is 9.90 Å². The standard InChI is InChI=1S/C10H11BrN2O3/c1-16-10(15)8(14)7-6(11)4-12-9(13-7)5-2-3-5/h4-5,8,14H,2-3H2,1H3. The van der Waals surface area contributed by atoms with Crippen LogP contribution >= 0.6 is 15.9 Å². The van der Waals surface area contributed by atoms with Crippen LogP contribution in [0.15, 0.2) is 10.7 Å². The van der Waals surface area contributed by atoms with E-state index in [0.717, 1.165) is 12.8 Å². The normalized spacial score (nSPS) is 16.9. The molecule has 86 valence electrons. The Morgan fingerprint density at radius 1 is 1.69 bits per heavy atom. The minimum atomic E-state index is -1.36. The van der Waals surface area contributed by atoms with Crippen molar-refractivity contribution in [2.45, 2.75) is 24.9 Å². The summed E-state index contributed by atoms with van der Waals surface area (Å²) in [6.07, 6.45) is 2.33. The number of hydrogen-bond acceptors (Lipinski definition) is 5. The Hall–Kier alpha value is -1.01. The summed E-state index contributed by atoms with van der Waals surface area (Å²) in [6, 6.07) is 0. The molecule has 1 unspecified atom stereocenters. The number of aliphatic hydroxyl groups excluding tert-OH is 1. The van der Waals surface area contributed by atoms with Gasteiger partial charge in [-0.15, -0.1) is 0 Å². The Labute approximate surface area is 101 Å². The summed E-state index contributed by atoms with van der Waals surface area (Å²) < 4.78 is 4.98. The fraction of sp³-hybridized carbons (Fsp3) is 0.500. The summed E-state index contributed by atoms with van der Waals surface area (Å²) in [6.45, 7) is 0. The summed E-state index contributed by atoms with van der Waals surface area (Å²) in [5.74, 6) is 0.332. The molecule has 0 radical (unpaired) electrons. The van der Waals surface area contributed by atoms with Crippen molar-refractivity contribution in [3.8, 4) is 0 Å². The van der Waals surface area contributed by atoms with Gasteiger partial charge in [-0.05, 0) is 28.8 Å². The van der Waals surface area contributed by atoms with Crippen LogP contribution in [0.1, 0.15) is 36.4 Å². The number of aromatic nitrogens is 2. The van der Waals surface area contributed by atoms with Crippen molar-refractivity contribution in [2.24, 2.45) is 0 Å². The molecule has 1 fully saturated rings. The number of nitrogens with zero attached hydrogens (tertiary/aromatic N) is 2. The largest absolute Gasteiger partial charge is 0.467 e. The van der Waals surface area contributed by atoms with Gasteiger partial charge in [-0.3, -0.25) is 0 Å². The van der Waals surface area contributed by atoms with Gasteiger partial charge in [0.15, 0.2) is 6.10 Å². The first-order chi connectivity index (χ1) is 7.63.